The van der Waals surface area contributed by atoms with E-state index < -0.39 is 0 Å². The molecule has 2 saturated heterocycles. The van der Waals surface area contributed by atoms with Crippen LogP contribution in [0.4, 0.5) is 5.69 Å². The zero-order valence-electron chi connectivity index (χ0n) is 16.8. The second-order valence-electron chi connectivity index (χ2n) is 8.43. The first-order chi connectivity index (χ1) is 13.5. The van der Waals surface area contributed by atoms with Crippen molar-refractivity contribution >= 4 is 33.1 Å². The summed E-state index contributed by atoms with van der Waals surface area (Å²) >= 11 is 1.39. The van der Waals surface area contributed by atoms with Crippen LogP contribution in [0.5, 0.6) is 0 Å². The summed E-state index contributed by atoms with van der Waals surface area (Å²) in [5.41, 5.74) is 7.87. The highest BCUT2D eigenvalue weighted by Crippen LogP contribution is 2.38. The van der Waals surface area contributed by atoms with Crippen LogP contribution in [0.1, 0.15) is 48.0 Å². The number of nitrogens with two attached hydrogens (primary N) is 1. The van der Waals surface area contributed by atoms with E-state index in [1.54, 1.807) is 7.05 Å². The van der Waals surface area contributed by atoms with E-state index in [0.717, 1.165) is 54.6 Å². The molecule has 1 amide bonds. The number of nitrogens with one attached hydrogen (secondary N) is 1. The lowest BCUT2D eigenvalue weighted by Gasteiger charge is -2.42. The number of amides is 1. The number of hydrogen-bond donors (Lipinski definition) is 2. The lowest BCUT2D eigenvalue weighted by Crippen LogP contribution is -2.46. The standard InChI is InChI=1S/C21H30N4O2S/c1-21(8-3-9-25(13-21)12-14-6-10-27-11-7-14)16-5-4-15-17(22)18(19(26)23-2)28-20(15)24-16/h4-5,14H,3,6-13,22H2,1-2H3,(H,23,26)/t21-/m1/s1. The number of nitrogen functional groups attached to an aromatic ring is 1. The molecule has 4 heterocycles. The molecule has 28 heavy (non-hydrogen) atoms. The molecule has 2 aliphatic heterocycles. The lowest BCUT2D eigenvalue weighted by atomic mass is 9.78. The molecule has 152 valence electrons. The minimum absolute atomic E-state index is 0.0313. The Morgan fingerprint density at radius 2 is 2.21 bits per heavy atom. The predicted octanol–water partition coefficient (Wildman–Crippen LogP) is 3.02. The second kappa shape index (κ2) is 7.97. The van der Waals surface area contributed by atoms with Crippen molar-refractivity contribution < 1.29 is 9.53 Å². The van der Waals surface area contributed by atoms with Crippen molar-refractivity contribution in [2.24, 2.45) is 5.92 Å². The molecule has 1 atom stereocenters. The van der Waals surface area contributed by atoms with Gasteiger partial charge in [-0.2, -0.15) is 0 Å². The zero-order chi connectivity index (χ0) is 19.7. The first kappa shape index (κ1) is 19.6. The molecule has 0 radical (unpaired) electrons. The van der Waals surface area contributed by atoms with Crippen LogP contribution in [0.15, 0.2) is 12.1 Å². The summed E-state index contributed by atoms with van der Waals surface area (Å²) in [6.45, 7) is 7.50. The van der Waals surface area contributed by atoms with Crippen molar-refractivity contribution in [3.63, 3.8) is 0 Å². The Bertz CT molecular complexity index is 861. The number of ether oxygens (including phenoxy) is 1. The van der Waals surface area contributed by atoms with Gasteiger partial charge in [-0.25, -0.2) is 4.98 Å². The highest BCUT2D eigenvalue weighted by atomic mass is 32.1. The molecule has 3 N–H and O–H groups in total. The fraction of sp³-hybridized carbons (Fsp3) is 0.619. The Labute approximate surface area is 170 Å². The molecule has 4 rings (SSSR count). The number of anilines is 1. The molecular weight excluding hydrogens is 372 g/mol. The van der Waals surface area contributed by atoms with Gasteiger partial charge in [0.15, 0.2) is 0 Å². The lowest BCUT2D eigenvalue weighted by molar-refractivity contribution is 0.0429. The van der Waals surface area contributed by atoms with Crippen molar-refractivity contribution in [2.75, 3.05) is 45.6 Å². The molecular formula is C21H30N4O2S. The maximum atomic E-state index is 12.1. The molecule has 2 aromatic heterocycles. The minimum Gasteiger partial charge on any atom is -0.397 e. The van der Waals surface area contributed by atoms with E-state index in [-0.39, 0.29) is 11.3 Å². The van der Waals surface area contributed by atoms with Crippen LogP contribution < -0.4 is 11.1 Å². The SMILES string of the molecule is CNC(=O)c1sc2nc([C@]3(C)CCCN(CC4CCOCC4)C3)ccc2c1N. The quantitative estimate of drug-likeness (QED) is 0.822. The monoisotopic (exact) mass is 402 g/mol. The van der Waals surface area contributed by atoms with Gasteiger partial charge in [0.1, 0.15) is 9.71 Å². The van der Waals surface area contributed by atoms with Crippen LogP contribution in [0.25, 0.3) is 10.2 Å². The van der Waals surface area contributed by atoms with Crippen LogP contribution in [0, 0.1) is 5.92 Å². The van der Waals surface area contributed by atoms with Crippen LogP contribution >= 0.6 is 11.3 Å². The zero-order valence-corrected chi connectivity index (χ0v) is 17.6. The van der Waals surface area contributed by atoms with Gasteiger partial charge in [-0.3, -0.25) is 4.79 Å². The van der Waals surface area contributed by atoms with Crippen molar-refractivity contribution in [3.05, 3.63) is 22.7 Å². The molecule has 6 nitrogen and oxygen atoms in total. The third-order valence-electron chi connectivity index (χ3n) is 6.28. The van der Waals surface area contributed by atoms with Gasteiger partial charge in [0.05, 0.1) is 5.69 Å². The number of likely N-dealkylation sites (tertiary alicyclic amines) is 1. The number of thiophene rings is 1. The number of rotatable bonds is 4. The third-order valence-corrected chi connectivity index (χ3v) is 7.39. The summed E-state index contributed by atoms with van der Waals surface area (Å²) in [6.07, 6.45) is 4.68. The van der Waals surface area contributed by atoms with E-state index in [1.165, 1.54) is 37.1 Å². The van der Waals surface area contributed by atoms with Crippen molar-refractivity contribution in [2.45, 2.75) is 38.0 Å². The second-order valence-corrected chi connectivity index (χ2v) is 9.43. The average Bonchev–Trinajstić information content (AvgIpc) is 3.04. The van der Waals surface area contributed by atoms with Gasteiger partial charge < -0.3 is 20.7 Å². The van der Waals surface area contributed by atoms with Gasteiger partial charge in [-0.05, 0) is 50.3 Å². The van der Waals surface area contributed by atoms with E-state index >= 15 is 0 Å². The number of nitrogens with zero attached hydrogens (tertiary/aromatic N) is 2. The maximum absolute atomic E-state index is 12.1. The molecule has 0 saturated carbocycles. The summed E-state index contributed by atoms with van der Waals surface area (Å²) < 4.78 is 5.51. The topological polar surface area (TPSA) is 80.5 Å². The van der Waals surface area contributed by atoms with Gasteiger partial charge in [0.2, 0.25) is 0 Å². The number of carbonyl (C=O) groups is 1. The highest BCUT2D eigenvalue weighted by Gasteiger charge is 2.35. The molecule has 2 fully saturated rings. The number of fused-ring (bicyclic) bond motifs is 1. The van der Waals surface area contributed by atoms with Crippen molar-refractivity contribution in [3.8, 4) is 0 Å². The summed E-state index contributed by atoms with van der Waals surface area (Å²) in [5.74, 6) is 0.604. The van der Waals surface area contributed by atoms with Crippen LogP contribution in [0.3, 0.4) is 0 Å². The number of carbonyl (C=O) groups excluding carboxylic acids is 1. The van der Waals surface area contributed by atoms with E-state index in [0.29, 0.717) is 10.6 Å². The Morgan fingerprint density at radius 1 is 1.43 bits per heavy atom. The molecule has 2 aliphatic rings. The van der Waals surface area contributed by atoms with Gasteiger partial charge in [-0.15, -0.1) is 11.3 Å². The Morgan fingerprint density at radius 3 is 2.96 bits per heavy atom. The first-order valence-electron chi connectivity index (χ1n) is 10.2. The molecule has 0 aliphatic carbocycles. The van der Waals surface area contributed by atoms with Gasteiger partial charge in [0, 0.05) is 49.8 Å². The van der Waals surface area contributed by atoms with Gasteiger partial charge in [0.25, 0.3) is 5.91 Å². The number of aromatic nitrogens is 1. The molecule has 2 aromatic rings. The van der Waals surface area contributed by atoms with Crippen molar-refractivity contribution in [1.82, 2.24) is 15.2 Å². The predicted molar refractivity (Wildman–Crippen MR) is 114 cm³/mol. The molecule has 0 spiro atoms. The Hall–Kier alpha value is -1.70. The van der Waals surface area contributed by atoms with Crippen molar-refractivity contribution in [1.29, 1.82) is 0 Å². The van der Waals surface area contributed by atoms with Crippen LogP contribution in [-0.2, 0) is 10.2 Å². The fourth-order valence-corrected chi connectivity index (χ4v) is 5.66. The molecule has 0 unspecified atom stereocenters. The highest BCUT2D eigenvalue weighted by molar-refractivity contribution is 7.21. The number of piperidine rings is 1. The van der Waals surface area contributed by atoms with Crippen LogP contribution in [0.2, 0.25) is 0 Å². The van der Waals surface area contributed by atoms with E-state index in [9.17, 15) is 4.79 Å². The van der Waals surface area contributed by atoms with E-state index in [1.807, 2.05) is 6.07 Å². The number of pyridine rings is 1. The van der Waals surface area contributed by atoms with E-state index in [4.69, 9.17) is 15.5 Å². The van der Waals surface area contributed by atoms with E-state index in [2.05, 4.69) is 23.2 Å². The summed E-state index contributed by atoms with van der Waals surface area (Å²) in [6, 6.07) is 4.15. The largest absolute Gasteiger partial charge is 0.397 e. The average molecular weight is 403 g/mol. The van der Waals surface area contributed by atoms with Gasteiger partial charge in [-0.1, -0.05) is 6.92 Å². The third kappa shape index (κ3) is 3.75. The fourth-order valence-electron chi connectivity index (χ4n) is 4.62. The maximum Gasteiger partial charge on any atom is 0.263 e. The van der Waals surface area contributed by atoms with Gasteiger partial charge >= 0.3 is 0 Å². The minimum atomic E-state index is -0.145. The molecule has 0 bridgehead atoms. The first-order valence-corrected chi connectivity index (χ1v) is 11.0. The molecule has 7 heteroatoms. The Kier molecular flexibility index (Phi) is 5.58. The summed E-state index contributed by atoms with van der Waals surface area (Å²) in [7, 11) is 1.63. The normalized spacial score (nSPS) is 24.5. The van der Waals surface area contributed by atoms with Crippen LogP contribution in [-0.4, -0.2) is 55.7 Å². The summed E-state index contributed by atoms with van der Waals surface area (Å²) in [5, 5.41) is 3.54. The Balaban J connectivity index is 1.56. The summed E-state index contributed by atoms with van der Waals surface area (Å²) in [4.78, 5) is 21.0. The smallest absolute Gasteiger partial charge is 0.263 e. The number of hydrogen-bond acceptors (Lipinski definition) is 6. The molecule has 0 aromatic carbocycles.